The Bertz CT molecular complexity index is 506. The van der Waals surface area contributed by atoms with E-state index in [0.29, 0.717) is 0 Å². The maximum atomic E-state index is 11.9. The second-order valence-electron chi connectivity index (χ2n) is 3.79. The summed E-state index contributed by atoms with van der Waals surface area (Å²) in [4.78, 5) is 0. The van der Waals surface area contributed by atoms with E-state index >= 15 is 0 Å². The molecule has 0 fully saturated rings. The molecule has 0 bridgehead atoms. The smallest absolute Gasteiger partial charge is 0.302 e. The fraction of sp³-hybridized carbons (Fsp3) is 0.500. The van der Waals surface area contributed by atoms with Crippen molar-refractivity contribution in [2.45, 2.75) is 19.9 Å². The topological polar surface area (TPSA) is 128 Å². The van der Waals surface area contributed by atoms with Gasteiger partial charge in [-0.25, -0.2) is 0 Å². The molecule has 0 aromatic carbocycles. The largest absolute Gasteiger partial charge is 0.384 e. The number of nitrogens with zero attached hydrogens (tertiary/aromatic N) is 2. The number of amidine groups is 1. The molecule has 0 radical (unpaired) electrons. The summed E-state index contributed by atoms with van der Waals surface area (Å²) in [7, 11) is -2.22. The highest BCUT2D eigenvalue weighted by atomic mass is 32.2. The second kappa shape index (κ2) is 4.72. The molecule has 1 aromatic rings. The number of anilines is 1. The van der Waals surface area contributed by atoms with Gasteiger partial charge in [-0.15, -0.1) is 0 Å². The molecule has 1 heterocycles. The molecule has 1 rings (SSSR count). The van der Waals surface area contributed by atoms with Crippen LogP contribution in [0.2, 0.25) is 0 Å². The van der Waals surface area contributed by atoms with Crippen LogP contribution in [0.15, 0.2) is 6.20 Å². The number of aromatic amines is 1. The fourth-order valence-corrected chi connectivity index (χ4v) is 2.16. The molecule has 8 nitrogen and oxygen atoms in total. The van der Waals surface area contributed by atoms with Crippen LogP contribution in [0, 0.1) is 5.41 Å². The fourth-order valence-electron chi connectivity index (χ4n) is 1.05. The van der Waals surface area contributed by atoms with E-state index in [4.69, 9.17) is 11.1 Å². The number of hydrogen-bond donors (Lipinski definition) is 4. The van der Waals surface area contributed by atoms with Gasteiger partial charge in [-0.1, -0.05) is 0 Å². The predicted octanol–water partition coefficient (Wildman–Crippen LogP) is -0.309. The lowest BCUT2D eigenvalue weighted by Gasteiger charge is -2.21. The van der Waals surface area contributed by atoms with Gasteiger partial charge in [0, 0.05) is 13.1 Å². The lowest BCUT2D eigenvalue weighted by Crippen LogP contribution is -2.37. The summed E-state index contributed by atoms with van der Waals surface area (Å²) in [5, 5.41) is 13.4. The Balaban J connectivity index is 2.99. The number of nitrogen functional groups attached to an aromatic ring is 1. The lowest BCUT2D eigenvalue weighted by molar-refractivity contribution is 0.414. The zero-order valence-electron chi connectivity index (χ0n) is 9.85. The quantitative estimate of drug-likeness (QED) is 0.427. The van der Waals surface area contributed by atoms with Crippen LogP contribution in [-0.4, -0.2) is 41.8 Å². The van der Waals surface area contributed by atoms with Crippen LogP contribution in [0.1, 0.15) is 19.4 Å². The molecule has 1 aromatic heterocycles. The predicted molar refractivity (Wildman–Crippen MR) is 65.0 cm³/mol. The van der Waals surface area contributed by atoms with E-state index in [-0.39, 0.29) is 23.3 Å². The minimum Gasteiger partial charge on any atom is -0.384 e. The number of nitrogens with one attached hydrogen (secondary N) is 3. The first-order valence-corrected chi connectivity index (χ1v) is 6.33. The minimum absolute atomic E-state index is 0.0880. The Morgan fingerprint density at radius 1 is 1.65 bits per heavy atom. The van der Waals surface area contributed by atoms with Crippen LogP contribution in [-0.2, 0) is 10.2 Å². The van der Waals surface area contributed by atoms with E-state index < -0.39 is 10.2 Å². The number of rotatable bonds is 5. The van der Waals surface area contributed by atoms with E-state index in [1.165, 1.54) is 13.2 Å². The number of aromatic nitrogens is 2. The van der Waals surface area contributed by atoms with E-state index in [9.17, 15) is 8.42 Å². The third kappa shape index (κ3) is 2.94. The zero-order chi connectivity index (χ0) is 13.2. The third-order valence-electron chi connectivity index (χ3n) is 2.27. The van der Waals surface area contributed by atoms with Crippen LogP contribution in [0.25, 0.3) is 0 Å². The van der Waals surface area contributed by atoms with Crippen molar-refractivity contribution in [3.8, 4) is 0 Å². The molecule has 0 saturated heterocycles. The molecule has 0 atom stereocenters. The first-order valence-electron chi connectivity index (χ1n) is 4.89. The molecule has 0 unspecified atom stereocenters. The van der Waals surface area contributed by atoms with Gasteiger partial charge >= 0.3 is 10.2 Å². The molecule has 96 valence electrons. The lowest BCUT2D eigenvalue weighted by atomic mass is 10.3. The Morgan fingerprint density at radius 3 is 2.71 bits per heavy atom. The normalized spacial score (nSPS) is 12.1. The standard InChI is InChI=1S/C8H16N6O2S/c1-5(2)14(3)17(15,16)13-8-6(7(9)10)4-11-12-8/h4-5H,1-3H3,(H3,9,10)(H2,11,12,13). The molecule has 0 spiro atoms. The van der Waals surface area contributed by atoms with Gasteiger partial charge in [0.25, 0.3) is 0 Å². The van der Waals surface area contributed by atoms with Gasteiger partial charge in [0.05, 0.1) is 11.8 Å². The second-order valence-corrected chi connectivity index (χ2v) is 5.52. The molecule has 0 aliphatic heterocycles. The summed E-state index contributed by atoms with van der Waals surface area (Å²) in [6.45, 7) is 3.50. The van der Waals surface area contributed by atoms with Gasteiger partial charge in [-0.2, -0.15) is 17.8 Å². The van der Waals surface area contributed by atoms with Crippen molar-refractivity contribution in [3.05, 3.63) is 11.8 Å². The molecular weight excluding hydrogens is 244 g/mol. The third-order valence-corrected chi connectivity index (χ3v) is 3.91. The van der Waals surface area contributed by atoms with Crippen molar-refractivity contribution < 1.29 is 8.42 Å². The van der Waals surface area contributed by atoms with Gasteiger partial charge in [0.15, 0.2) is 0 Å². The monoisotopic (exact) mass is 260 g/mol. The first kappa shape index (κ1) is 13.5. The average Bonchev–Trinajstić information content (AvgIpc) is 2.63. The van der Waals surface area contributed by atoms with E-state index in [1.54, 1.807) is 13.8 Å². The maximum Gasteiger partial charge on any atom is 0.302 e. The van der Waals surface area contributed by atoms with E-state index in [2.05, 4.69) is 14.9 Å². The molecule has 0 aliphatic carbocycles. The molecule has 0 saturated carbocycles. The Hall–Kier alpha value is -1.61. The van der Waals surface area contributed by atoms with Crippen molar-refractivity contribution in [1.82, 2.24) is 14.5 Å². The summed E-state index contributed by atoms with van der Waals surface area (Å²) in [6, 6.07) is -0.184. The van der Waals surface area contributed by atoms with Gasteiger partial charge in [-0.3, -0.25) is 15.2 Å². The van der Waals surface area contributed by atoms with Gasteiger partial charge in [0.2, 0.25) is 0 Å². The Morgan fingerprint density at radius 2 is 2.24 bits per heavy atom. The average molecular weight is 260 g/mol. The SMILES string of the molecule is CC(C)N(C)S(=O)(=O)Nc1[nH]ncc1C(=N)N. The summed E-state index contributed by atoms with van der Waals surface area (Å²) in [6.07, 6.45) is 1.29. The van der Waals surface area contributed by atoms with E-state index in [1.807, 2.05) is 0 Å². The van der Waals surface area contributed by atoms with Crippen LogP contribution in [0.5, 0.6) is 0 Å². The first-order chi connectivity index (χ1) is 7.75. The van der Waals surface area contributed by atoms with Crippen LogP contribution < -0.4 is 10.5 Å². The maximum absolute atomic E-state index is 11.9. The molecule has 0 aliphatic rings. The highest BCUT2D eigenvalue weighted by Gasteiger charge is 2.22. The van der Waals surface area contributed by atoms with Crippen molar-refractivity contribution in [3.63, 3.8) is 0 Å². The number of nitrogens with two attached hydrogens (primary N) is 1. The summed E-state index contributed by atoms with van der Waals surface area (Å²) < 4.78 is 27.2. The minimum atomic E-state index is -3.68. The zero-order valence-corrected chi connectivity index (χ0v) is 10.7. The summed E-state index contributed by atoms with van der Waals surface area (Å²) in [5.74, 6) is -0.173. The molecule has 5 N–H and O–H groups in total. The highest BCUT2D eigenvalue weighted by Crippen LogP contribution is 2.14. The Labute approximate surface area is 99.9 Å². The summed E-state index contributed by atoms with van der Waals surface area (Å²) >= 11 is 0. The van der Waals surface area contributed by atoms with Crippen LogP contribution >= 0.6 is 0 Å². The molecule has 17 heavy (non-hydrogen) atoms. The molecule has 0 amide bonds. The summed E-state index contributed by atoms with van der Waals surface area (Å²) in [5.41, 5.74) is 5.50. The van der Waals surface area contributed by atoms with E-state index in [0.717, 1.165) is 4.31 Å². The highest BCUT2D eigenvalue weighted by molar-refractivity contribution is 7.90. The van der Waals surface area contributed by atoms with Gasteiger partial charge < -0.3 is 5.73 Å². The van der Waals surface area contributed by atoms with Gasteiger partial charge in [0.1, 0.15) is 11.7 Å². The van der Waals surface area contributed by atoms with Crippen molar-refractivity contribution in [1.29, 1.82) is 5.41 Å². The number of H-pyrrole nitrogens is 1. The molecular formula is C8H16N6O2S. The van der Waals surface area contributed by atoms with Crippen LogP contribution in [0.4, 0.5) is 5.82 Å². The number of hydrogen-bond acceptors (Lipinski definition) is 4. The van der Waals surface area contributed by atoms with Crippen molar-refractivity contribution >= 4 is 21.9 Å². The van der Waals surface area contributed by atoms with Crippen LogP contribution in [0.3, 0.4) is 0 Å². The Kier molecular flexibility index (Phi) is 3.73. The van der Waals surface area contributed by atoms with Crippen molar-refractivity contribution in [2.75, 3.05) is 11.8 Å². The van der Waals surface area contributed by atoms with Gasteiger partial charge in [-0.05, 0) is 13.8 Å². The molecule has 9 heteroatoms. The van der Waals surface area contributed by atoms with Crippen molar-refractivity contribution in [2.24, 2.45) is 5.73 Å².